The zero-order valence-corrected chi connectivity index (χ0v) is 22.0. The lowest BCUT2D eigenvalue weighted by atomic mass is 10.0. The zero-order valence-electron chi connectivity index (χ0n) is 22.0. The van der Waals surface area contributed by atoms with Gasteiger partial charge < -0.3 is 29.0 Å². The second-order valence-electron chi connectivity index (χ2n) is 10.2. The van der Waals surface area contributed by atoms with Crippen molar-refractivity contribution in [3.8, 4) is 17.2 Å². The SMILES string of the molecule is O=C(NCCN1CCOCC1)c1cn2c3c(c(N4CCOCC4)c(F)cc3c1=O)Oc1c-2ccc2ccccc12. The first-order valence-electron chi connectivity index (χ1n) is 13.6. The smallest absolute Gasteiger partial charge is 0.256 e. The molecule has 2 saturated heterocycles. The van der Waals surface area contributed by atoms with E-state index >= 15 is 4.39 Å². The minimum absolute atomic E-state index is 0.0417. The Bertz CT molecular complexity index is 1690. The van der Waals surface area contributed by atoms with Crippen LogP contribution in [0.5, 0.6) is 11.5 Å². The Kier molecular flexibility index (Phi) is 6.38. The lowest BCUT2D eigenvalue weighted by Gasteiger charge is -2.33. The Balaban J connectivity index is 1.37. The van der Waals surface area contributed by atoms with E-state index in [0.29, 0.717) is 75.2 Å². The lowest BCUT2D eigenvalue weighted by molar-refractivity contribution is 0.0383. The lowest BCUT2D eigenvalue weighted by Crippen LogP contribution is -2.42. The van der Waals surface area contributed by atoms with Crippen molar-refractivity contribution in [3.05, 3.63) is 70.3 Å². The second-order valence-corrected chi connectivity index (χ2v) is 10.2. The molecule has 1 aromatic heterocycles. The number of ether oxygens (including phenoxy) is 3. The number of nitrogens with one attached hydrogen (secondary N) is 1. The van der Waals surface area contributed by atoms with E-state index in [2.05, 4.69) is 10.2 Å². The number of halogens is 1. The molecule has 3 aliphatic rings. The number of carbonyl (C=O) groups excluding carboxylic acids is 1. The molecule has 7 rings (SSSR count). The first-order valence-corrected chi connectivity index (χ1v) is 13.6. The average Bonchev–Trinajstić information content (AvgIpc) is 2.99. The molecular formula is C30H29FN4O5. The van der Waals surface area contributed by atoms with Crippen LogP contribution >= 0.6 is 0 Å². The van der Waals surface area contributed by atoms with Gasteiger partial charge in [-0.25, -0.2) is 4.39 Å². The number of amides is 1. The quantitative estimate of drug-likeness (QED) is 0.364. The number of morpholine rings is 2. The third-order valence-corrected chi connectivity index (χ3v) is 7.88. The van der Waals surface area contributed by atoms with E-state index in [1.54, 1.807) is 10.8 Å². The normalized spacial score (nSPS) is 17.1. The van der Waals surface area contributed by atoms with Crippen molar-refractivity contribution in [2.24, 2.45) is 0 Å². The Morgan fingerprint density at radius 1 is 0.925 bits per heavy atom. The van der Waals surface area contributed by atoms with Gasteiger partial charge in [0.25, 0.3) is 5.91 Å². The maximum absolute atomic E-state index is 15.9. The molecule has 4 aromatic rings. The summed E-state index contributed by atoms with van der Waals surface area (Å²) in [6, 6.07) is 12.9. The summed E-state index contributed by atoms with van der Waals surface area (Å²) in [6.07, 6.45) is 1.56. The van der Waals surface area contributed by atoms with Crippen LogP contribution in [-0.4, -0.2) is 81.1 Å². The van der Waals surface area contributed by atoms with Gasteiger partial charge in [0.2, 0.25) is 5.43 Å². The predicted octanol–water partition coefficient (Wildman–Crippen LogP) is 3.29. The van der Waals surface area contributed by atoms with Crippen molar-refractivity contribution >= 4 is 33.3 Å². The second kappa shape index (κ2) is 10.2. The molecule has 0 aliphatic carbocycles. The zero-order chi connectivity index (χ0) is 27.2. The van der Waals surface area contributed by atoms with Crippen molar-refractivity contribution in [1.29, 1.82) is 0 Å². The standard InChI is InChI=1S/C30H29FN4O5/c31-23-17-21-25-29(26(23)34-11-15-39-16-12-34)40-28-20-4-2-1-3-19(20)5-6-24(28)35(25)18-22(27(21)36)30(37)32-7-8-33-9-13-38-14-10-33/h1-6,17-18H,7-16H2,(H,32,37). The van der Waals surface area contributed by atoms with Crippen LogP contribution in [0, 0.1) is 5.82 Å². The van der Waals surface area contributed by atoms with Crippen LogP contribution < -0.4 is 20.4 Å². The molecule has 1 amide bonds. The molecule has 0 saturated carbocycles. The molecule has 3 aromatic carbocycles. The van der Waals surface area contributed by atoms with Crippen LogP contribution in [0.1, 0.15) is 10.4 Å². The van der Waals surface area contributed by atoms with Crippen LogP contribution in [0.15, 0.2) is 53.5 Å². The summed E-state index contributed by atoms with van der Waals surface area (Å²) in [5, 5.41) is 4.80. The third kappa shape index (κ3) is 4.19. The Morgan fingerprint density at radius 3 is 2.48 bits per heavy atom. The molecule has 0 atom stereocenters. The minimum atomic E-state index is -0.568. The number of hydrogen-bond acceptors (Lipinski definition) is 7. The molecule has 4 heterocycles. The van der Waals surface area contributed by atoms with E-state index in [4.69, 9.17) is 14.2 Å². The minimum Gasteiger partial charge on any atom is -0.450 e. The molecule has 2 fully saturated rings. The highest BCUT2D eigenvalue weighted by atomic mass is 19.1. The number of carbonyl (C=O) groups is 1. The fourth-order valence-electron chi connectivity index (χ4n) is 5.82. The molecule has 1 N–H and O–H groups in total. The fraction of sp³-hybridized carbons (Fsp3) is 0.333. The van der Waals surface area contributed by atoms with Gasteiger partial charge in [0.05, 0.1) is 37.5 Å². The van der Waals surface area contributed by atoms with Crippen LogP contribution in [0.25, 0.3) is 27.4 Å². The van der Waals surface area contributed by atoms with Gasteiger partial charge in [0.1, 0.15) is 16.8 Å². The van der Waals surface area contributed by atoms with Crippen molar-refractivity contribution in [3.63, 3.8) is 0 Å². The molecule has 206 valence electrons. The molecule has 3 aliphatic heterocycles. The molecule has 10 heteroatoms. The predicted molar refractivity (Wildman–Crippen MR) is 150 cm³/mol. The Hall–Kier alpha value is -3.99. The van der Waals surface area contributed by atoms with Gasteiger partial charge in [0, 0.05) is 50.9 Å². The van der Waals surface area contributed by atoms with Gasteiger partial charge in [0.15, 0.2) is 17.3 Å². The number of rotatable bonds is 5. The summed E-state index contributed by atoms with van der Waals surface area (Å²) in [6.45, 7) is 5.90. The van der Waals surface area contributed by atoms with Gasteiger partial charge in [-0.15, -0.1) is 0 Å². The van der Waals surface area contributed by atoms with Crippen LogP contribution in [-0.2, 0) is 9.47 Å². The van der Waals surface area contributed by atoms with Crippen LogP contribution in [0.4, 0.5) is 10.1 Å². The maximum Gasteiger partial charge on any atom is 0.256 e. The largest absolute Gasteiger partial charge is 0.450 e. The Labute approximate surface area is 229 Å². The first-order chi connectivity index (χ1) is 19.6. The van der Waals surface area contributed by atoms with Crippen molar-refractivity contribution in [2.75, 3.05) is 70.6 Å². The molecule has 9 nitrogen and oxygen atoms in total. The van der Waals surface area contributed by atoms with Crippen molar-refractivity contribution in [1.82, 2.24) is 14.8 Å². The van der Waals surface area contributed by atoms with Gasteiger partial charge in [-0.3, -0.25) is 14.5 Å². The van der Waals surface area contributed by atoms with Crippen LogP contribution in [0.3, 0.4) is 0 Å². The summed E-state index contributed by atoms with van der Waals surface area (Å²) < 4.78 is 35.1. The molecule has 0 unspecified atom stereocenters. The van der Waals surface area contributed by atoms with Crippen LogP contribution in [0.2, 0.25) is 0 Å². The number of pyridine rings is 1. The summed E-state index contributed by atoms with van der Waals surface area (Å²) in [5.41, 5.74) is 0.848. The summed E-state index contributed by atoms with van der Waals surface area (Å²) >= 11 is 0. The summed E-state index contributed by atoms with van der Waals surface area (Å²) in [5.74, 6) is -0.231. The molecular weight excluding hydrogens is 515 g/mol. The van der Waals surface area contributed by atoms with E-state index in [1.165, 1.54) is 6.07 Å². The topological polar surface area (TPSA) is 85.3 Å². The number of anilines is 1. The molecule has 0 bridgehead atoms. The Morgan fingerprint density at radius 2 is 1.68 bits per heavy atom. The highest BCUT2D eigenvalue weighted by Crippen LogP contribution is 2.48. The van der Waals surface area contributed by atoms with Crippen molar-refractivity contribution < 1.29 is 23.4 Å². The third-order valence-electron chi connectivity index (χ3n) is 7.88. The molecule has 0 radical (unpaired) electrons. The summed E-state index contributed by atoms with van der Waals surface area (Å²) in [7, 11) is 0. The first kappa shape index (κ1) is 25.0. The van der Waals surface area contributed by atoms with E-state index in [-0.39, 0.29) is 16.7 Å². The molecule has 40 heavy (non-hydrogen) atoms. The highest BCUT2D eigenvalue weighted by Gasteiger charge is 2.32. The monoisotopic (exact) mass is 544 g/mol. The van der Waals surface area contributed by atoms with Gasteiger partial charge in [-0.1, -0.05) is 30.3 Å². The van der Waals surface area contributed by atoms with Gasteiger partial charge in [-0.2, -0.15) is 0 Å². The average molecular weight is 545 g/mol. The fourth-order valence-corrected chi connectivity index (χ4v) is 5.82. The van der Waals surface area contributed by atoms with Gasteiger partial charge in [-0.05, 0) is 17.5 Å². The number of benzene rings is 3. The maximum atomic E-state index is 15.9. The number of nitrogens with zero attached hydrogens (tertiary/aromatic N) is 3. The van der Waals surface area contributed by atoms with Crippen molar-refractivity contribution in [2.45, 2.75) is 0 Å². The number of hydrogen-bond donors (Lipinski definition) is 1. The van der Waals surface area contributed by atoms with Gasteiger partial charge >= 0.3 is 0 Å². The van der Waals surface area contributed by atoms with E-state index in [9.17, 15) is 9.59 Å². The highest BCUT2D eigenvalue weighted by molar-refractivity contribution is 6.03. The van der Waals surface area contributed by atoms with E-state index in [1.807, 2.05) is 41.3 Å². The number of aromatic nitrogens is 1. The van der Waals surface area contributed by atoms with E-state index < -0.39 is 17.2 Å². The molecule has 0 spiro atoms. The summed E-state index contributed by atoms with van der Waals surface area (Å²) in [4.78, 5) is 31.1. The van der Waals surface area contributed by atoms with E-state index in [0.717, 1.165) is 23.9 Å². The number of fused-ring (bicyclic) bond motifs is 4.